The molecule has 1 aliphatic carbocycles. The molecule has 3 aromatic carbocycles. The maximum Gasteiger partial charge on any atom is 0.249 e. The lowest BCUT2D eigenvalue weighted by Crippen LogP contribution is -2.50. The van der Waals surface area contributed by atoms with E-state index < -0.39 is 0 Å². The average molecular weight is 857 g/mol. The van der Waals surface area contributed by atoms with Crippen molar-refractivity contribution >= 4 is 35.0 Å². The Morgan fingerprint density at radius 2 is 1.19 bits per heavy atom. The van der Waals surface area contributed by atoms with Crippen LogP contribution < -0.4 is 15.4 Å². The topological polar surface area (TPSA) is 172 Å². The summed E-state index contributed by atoms with van der Waals surface area (Å²) >= 11 is 0. The number of carbonyl (C=O) groups is 4. The number of fused-ring (bicyclic) bond motifs is 2. The van der Waals surface area contributed by atoms with Gasteiger partial charge in [-0.3, -0.25) is 34.9 Å². The number of amides is 4. The van der Waals surface area contributed by atoms with E-state index in [0.29, 0.717) is 44.7 Å². The Kier molecular flexibility index (Phi) is 10.1. The number of carbonyl (C=O) groups excluding carboxylic acids is 4. The minimum absolute atomic E-state index is 0.206. The number of aromatic amines is 1. The summed E-state index contributed by atoms with van der Waals surface area (Å²) in [6.45, 7) is 9.61. The van der Waals surface area contributed by atoms with Gasteiger partial charge in [0.25, 0.3) is 0 Å². The second-order valence-electron chi connectivity index (χ2n) is 17.2. The maximum absolute atomic E-state index is 12.4. The van der Waals surface area contributed by atoms with Crippen LogP contribution in [0.2, 0.25) is 0 Å². The van der Waals surface area contributed by atoms with Crippen LogP contribution in [0.25, 0.3) is 56.8 Å². The zero-order valence-corrected chi connectivity index (χ0v) is 36.0. The van der Waals surface area contributed by atoms with Gasteiger partial charge in [-0.1, -0.05) is 49.6 Å². The van der Waals surface area contributed by atoms with Gasteiger partial charge in [-0.15, -0.1) is 0 Å². The molecule has 15 heteroatoms. The molecule has 1 saturated carbocycles. The highest BCUT2D eigenvalue weighted by atomic mass is 16.5. The Labute approximate surface area is 369 Å². The van der Waals surface area contributed by atoms with Crippen molar-refractivity contribution in [3.05, 3.63) is 120 Å². The molecule has 4 aliphatic heterocycles. The molecule has 11 rings (SSSR count). The third-order valence-corrected chi connectivity index (χ3v) is 12.9. The van der Waals surface area contributed by atoms with Crippen molar-refractivity contribution in [2.45, 2.75) is 69.6 Å². The Morgan fingerprint density at radius 3 is 1.72 bits per heavy atom. The lowest BCUT2D eigenvalue weighted by Gasteiger charge is -2.31. The fraction of sp³-hybridized carbons (Fsp3) is 0.286. The van der Waals surface area contributed by atoms with Gasteiger partial charge >= 0.3 is 0 Å². The number of piperidine rings is 2. The first-order chi connectivity index (χ1) is 30.9. The molecule has 324 valence electrons. The molecule has 0 spiro atoms. The number of imide groups is 2. The summed E-state index contributed by atoms with van der Waals surface area (Å²) in [5.41, 5.74) is 12.7. The fourth-order valence-corrected chi connectivity index (χ4v) is 9.29. The van der Waals surface area contributed by atoms with Gasteiger partial charge in [0.1, 0.15) is 29.4 Å². The Morgan fingerprint density at radius 1 is 0.641 bits per heavy atom. The van der Waals surface area contributed by atoms with Crippen molar-refractivity contribution in [1.82, 2.24) is 49.7 Å². The summed E-state index contributed by atoms with van der Waals surface area (Å²) in [6, 6.07) is 21.6. The zero-order chi connectivity index (χ0) is 44.4. The quantitative estimate of drug-likeness (QED) is 0.148. The summed E-state index contributed by atoms with van der Waals surface area (Å²) in [4.78, 5) is 61.5. The highest BCUT2D eigenvalue weighted by molar-refractivity contribution is 6.02. The molecule has 5 aliphatic rings. The van der Waals surface area contributed by atoms with Crippen LogP contribution in [-0.2, 0) is 46.4 Å². The number of nitrogens with one attached hydrogen (secondary N) is 3. The van der Waals surface area contributed by atoms with Crippen molar-refractivity contribution in [1.29, 1.82) is 0 Å². The molecule has 64 heavy (non-hydrogen) atoms. The third-order valence-electron chi connectivity index (χ3n) is 12.9. The molecule has 0 bridgehead atoms. The fourth-order valence-electron chi connectivity index (χ4n) is 9.29. The highest BCUT2D eigenvalue weighted by Crippen LogP contribution is 2.41. The third kappa shape index (κ3) is 7.46. The number of rotatable bonds is 8. The molecule has 15 nitrogen and oxygen atoms in total. The molecular formula is C49H48N10O5. The van der Waals surface area contributed by atoms with Crippen LogP contribution in [0, 0.1) is 0 Å². The van der Waals surface area contributed by atoms with E-state index in [2.05, 4.69) is 52.2 Å². The SMILES string of the molecule is C=C1c2ccc(-c3cn(C)c(-c4cc(C5CC5)[nH]n4)n3)cc2CN1C1CCC(=O)NC1=O.C=C1c2ccc(-c3cn(C)c(-c4cccc(OC)c4)n3)cc2CN1C1CCC(=O)NC1=O. The van der Waals surface area contributed by atoms with E-state index >= 15 is 0 Å². The number of benzene rings is 3. The minimum atomic E-state index is -0.370. The van der Waals surface area contributed by atoms with Gasteiger partial charge in [-0.25, -0.2) is 9.97 Å². The van der Waals surface area contributed by atoms with Crippen LogP contribution in [-0.4, -0.2) is 81.9 Å². The van der Waals surface area contributed by atoms with Crippen LogP contribution >= 0.6 is 0 Å². The van der Waals surface area contributed by atoms with Crippen LogP contribution in [0.1, 0.15) is 72.4 Å². The number of aryl methyl sites for hydroxylation is 2. The van der Waals surface area contributed by atoms with Gasteiger partial charge in [-0.05, 0) is 67.1 Å². The van der Waals surface area contributed by atoms with E-state index in [1.807, 2.05) is 94.0 Å². The van der Waals surface area contributed by atoms with Crippen LogP contribution in [0.5, 0.6) is 5.75 Å². The average Bonchev–Trinajstić information content (AvgIpc) is 3.57. The predicted octanol–water partition coefficient (Wildman–Crippen LogP) is 6.30. The summed E-state index contributed by atoms with van der Waals surface area (Å²) in [6.07, 6.45) is 8.21. The molecule has 3 fully saturated rings. The summed E-state index contributed by atoms with van der Waals surface area (Å²) in [7, 11) is 5.61. The molecular weight excluding hydrogens is 809 g/mol. The van der Waals surface area contributed by atoms with Gasteiger partial charge in [0, 0.05) is 103 Å². The van der Waals surface area contributed by atoms with Gasteiger partial charge in [-0.2, -0.15) is 5.10 Å². The number of ether oxygens (including phenoxy) is 1. The van der Waals surface area contributed by atoms with Crippen LogP contribution in [0.15, 0.2) is 92.3 Å². The van der Waals surface area contributed by atoms with Gasteiger partial charge in [0.2, 0.25) is 23.6 Å². The largest absolute Gasteiger partial charge is 0.497 e. The van der Waals surface area contributed by atoms with E-state index in [1.54, 1.807) is 7.11 Å². The molecule has 0 radical (unpaired) electrons. The van der Waals surface area contributed by atoms with Crippen molar-refractivity contribution in [3.8, 4) is 51.2 Å². The molecule has 6 aromatic rings. The second-order valence-corrected chi connectivity index (χ2v) is 17.2. The van der Waals surface area contributed by atoms with Crippen molar-refractivity contribution in [2.24, 2.45) is 14.1 Å². The number of aromatic nitrogens is 6. The van der Waals surface area contributed by atoms with E-state index in [9.17, 15) is 19.2 Å². The summed E-state index contributed by atoms with van der Waals surface area (Å²) in [5.74, 6) is 2.19. The molecule has 2 saturated heterocycles. The lowest BCUT2D eigenvalue weighted by molar-refractivity contribution is -0.138. The van der Waals surface area contributed by atoms with Crippen LogP contribution in [0.4, 0.5) is 0 Å². The van der Waals surface area contributed by atoms with E-state index in [-0.39, 0.29) is 35.7 Å². The molecule has 4 amide bonds. The smallest absolute Gasteiger partial charge is 0.249 e. The molecule has 2 unspecified atom stereocenters. The minimum Gasteiger partial charge on any atom is -0.497 e. The number of nitrogens with zero attached hydrogens (tertiary/aromatic N) is 7. The standard InChI is InChI=1S/C25H24N4O3.C24H24N6O2/c1-15-20-8-7-16(11-18(20)13-29(15)22-9-10-23(30)27-25(22)31)21-14-28(2)24(26-21)17-5-4-6-19(12-17)32-3;1-13-17-6-5-15(9-16(17)11-30(13)21-7-8-22(31)26-24(21)32)20-12-29(2)23(25-20)19-10-18(27-28-19)14-3-4-14/h4-8,11-12,14,22H,1,9-10,13H2,2-3H3,(H,27,30,31);5-6,9-10,12,14,21H,1,3-4,7-8,11H2,2H3,(H,27,28)(H,26,31,32). The van der Waals surface area contributed by atoms with Gasteiger partial charge in [0.15, 0.2) is 5.82 Å². The van der Waals surface area contributed by atoms with Crippen LogP contribution in [0.3, 0.4) is 0 Å². The highest BCUT2D eigenvalue weighted by Gasteiger charge is 2.38. The number of hydrogen-bond donors (Lipinski definition) is 3. The lowest BCUT2D eigenvalue weighted by atomic mass is 10.0. The number of methoxy groups -OCH3 is 1. The summed E-state index contributed by atoms with van der Waals surface area (Å²) in [5, 5.41) is 12.5. The zero-order valence-electron chi connectivity index (χ0n) is 36.0. The first kappa shape index (κ1) is 40.5. The van der Waals surface area contributed by atoms with E-state index in [1.165, 1.54) is 18.5 Å². The number of imidazole rings is 2. The Bertz CT molecular complexity index is 2930. The Hall–Kier alpha value is -7.55. The van der Waals surface area contributed by atoms with Crippen molar-refractivity contribution in [3.63, 3.8) is 0 Å². The first-order valence-electron chi connectivity index (χ1n) is 21.5. The Balaban J connectivity index is 0.000000151. The summed E-state index contributed by atoms with van der Waals surface area (Å²) < 4.78 is 9.35. The molecule has 3 N–H and O–H groups in total. The molecule has 2 atom stereocenters. The molecule has 7 heterocycles. The molecule has 3 aromatic heterocycles. The van der Waals surface area contributed by atoms with Crippen molar-refractivity contribution < 1.29 is 23.9 Å². The van der Waals surface area contributed by atoms with Gasteiger partial charge < -0.3 is 23.7 Å². The number of H-pyrrole nitrogens is 1. The monoisotopic (exact) mass is 856 g/mol. The van der Waals surface area contributed by atoms with E-state index in [4.69, 9.17) is 14.7 Å². The van der Waals surface area contributed by atoms with E-state index in [0.717, 1.165) is 84.8 Å². The normalized spacial score (nSPS) is 19.3. The van der Waals surface area contributed by atoms with Crippen molar-refractivity contribution in [2.75, 3.05) is 7.11 Å². The maximum atomic E-state index is 12.4. The van der Waals surface area contributed by atoms with Gasteiger partial charge in [0.05, 0.1) is 18.5 Å². The second kappa shape index (κ2) is 16.0. The predicted molar refractivity (Wildman–Crippen MR) is 240 cm³/mol. The number of hydrogen-bond acceptors (Lipinski definition) is 10. The first-order valence-corrected chi connectivity index (χ1v) is 21.5.